The number of piperazine rings is 1. The molecule has 0 saturated carbocycles. The van der Waals surface area contributed by atoms with E-state index in [1.807, 2.05) is 22.4 Å². The molecule has 1 unspecified atom stereocenters. The van der Waals surface area contributed by atoms with Crippen LogP contribution in [0, 0.1) is 0 Å². The summed E-state index contributed by atoms with van der Waals surface area (Å²) in [5.74, 6) is -1.83. The lowest BCUT2D eigenvalue weighted by atomic mass is 9.98. The zero-order valence-electron chi connectivity index (χ0n) is 18.0. The van der Waals surface area contributed by atoms with Gasteiger partial charge in [-0.05, 0) is 17.5 Å². The van der Waals surface area contributed by atoms with Crippen LogP contribution in [-0.2, 0) is 11.3 Å². The number of para-hydroxylation sites is 1. The summed E-state index contributed by atoms with van der Waals surface area (Å²) in [4.78, 5) is 33.3. The highest BCUT2D eigenvalue weighted by Crippen LogP contribution is 2.34. The number of nitrogens with zero attached hydrogens (tertiary/aromatic N) is 3. The van der Waals surface area contributed by atoms with Gasteiger partial charge in [0, 0.05) is 43.7 Å². The molecule has 3 heterocycles. The number of carboxylic acids is 1. The molecule has 0 spiro atoms. The molecule has 34 heavy (non-hydrogen) atoms. The van der Waals surface area contributed by atoms with Gasteiger partial charge in [-0.25, -0.2) is 9.78 Å². The van der Waals surface area contributed by atoms with Crippen molar-refractivity contribution in [2.45, 2.75) is 25.2 Å². The predicted octanol–water partition coefficient (Wildman–Crippen LogP) is 3.62. The number of carbonyl (C=O) groups excluding carboxylic acids is 1. The number of pyridine rings is 1. The van der Waals surface area contributed by atoms with Crippen molar-refractivity contribution in [2.75, 3.05) is 26.2 Å². The van der Waals surface area contributed by atoms with Gasteiger partial charge >= 0.3 is 12.1 Å². The van der Waals surface area contributed by atoms with Crippen LogP contribution in [0.5, 0.6) is 0 Å². The lowest BCUT2D eigenvalue weighted by Gasteiger charge is -2.35. The number of hydrogen-bond acceptors (Lipinski definition) is 6. The Labute approximate surface area is 197 Å². The van der Waals surface area contributed by atoms with Crippen LogP contribution < -0.4 is 0 Å². The fraction of sp³-hybridized carbons (Fsp3) is 0.348. The van der Waals surface area contributed by atoms with E-state index < -0.39 is 30.6 Å². The maximum absolute atomic E-state index is 12.6. The third kappa shape index (κ3) is 5.06. The Morgan fingerprint density at radius 1 is 1.09 bits per heavy atom. The minimum absolute atomic E-state index is 0.167. The van der Waals surface area contributed by atoms with Crippen molar-refractivity contribution in [3.8, 4) is 10.6 Å². The highest BCUT2D eigenvalue weighted by atomic mass is 32.1. The van der Waals surface area contributed by atoms with Gasteiger partial charge in [0.2, 0.25) is 5.91 Å². The molecule has 1 aliphatic heterocycles. The summed E-state index contributed by atoms with van der Waals surface area (Å²) in [6.45, 7) is 1.33. The second-order valence-electron chi connectivity index (χ2n) is 8.03. The highest BCUT2D eigenvalue weighted by molar-refractivity contribution is 7.13. The molecule has 1 atom stereocenters. The van der Waals surface area contributed by atoms with Gasteiger partial charge in [-0.2, -0.15) is 13.2 Å². The molecule has 0 aliphatic carbocycles. The van der Waals surface area contributed by atoms with Gasteiger partial charge in [-0.3, -0.25) is 9.69 Å². The predicted molar refractivity (Wildman–Crippen MR) is 121 cm³/mol. The van der Waals surface area contributed by atoms with Crippen LogP contribution in [-0.4, -0.2) is 75.3 Å². The van der Waals surface area contributed by atoms with Gasteiger partial charge in [0.05, 0.1) is 28.1 Å². The van der Waals surface area contributed by atoms with Gasteiger partial charge in [-0.15, -0.1) is 11.3 Å². The Hall–Kier alpha value is -3.02. The van der Waals surface area contributed by atoms with Crippen molar-refractivity contribution in [3.05, 3.63) is 52.9 Å². The van der Waals surface area contributed by atoms with Gasteiger partial charge in [0.25, 0.3) is 0 Å². The maximum Gasteiger partial charge on any atom is 0.414 e. The summed E-state index contributed by atoms with van der Waals surface area (Å²) in [6, 6.07) is 10.8. The number of carbonyl (C=O) groups is 2. The van der Waals surface area contributed by atoms with E-state index in [9.17, 15) is 33.0 Å². The van der Waals surface area contributed by atoms with Crippen molar-refractivity contribution in [1.82, 2.24) is 14.8 Å². The molecule has 0 bridgehead atoms. The van der Waals surface area contributed by atoms with Crippen LogP contribution in [0.25, 0.3) is 21.5 Å². The molecule has 1 amide bonds. The first-order valence-corrected chi connectivity index (χ1v) is 11.5. The molecule has 2 aromatic heterocycles. The molecule has 7 nitrogen and oxygen atoms in total. The summed E-state index contributed by atoms with van der Waals surface area (Å²) < 4.78 is 37.7. The number of aliphatic hydroxyl groups excluding tert-OH is 1. The minimum Gasteiger partial charge on any atom is -0.478 e. The number of halogens is 3. The van der Waals surface area contributed by atoms with Crippen LogP contribution in [0.4, 0.5) is 13.2 Å². The largest absolute Gasteiger partial charge is 0.478 e. The first-order chi connectivity index (χ1) is 16.1. The first kappa shape index (κ1) is 24.1. The highest BCUT2D eigenvalue weighted by Gasteiger charge is 2.40. The van der Waals surface area contributed by atoms with Crippen LogP contribution in [0.1, 0.15) is 22.3 Å². The summed E-state index contributed by atoms with van der Waals surface area (Å²) >= 11 is 1.45. The third-order valence-corrected chi connectivity index (χ3v) is 6.69. The SMILES string of the molecule is O=C(O)c1c(CN2CCN(C(=O)CC(O)C(F)(F)F)CC2)c(-c2cccs2)nc2ccccc12. The molecule has 1 saturated heterocycles. The molecule has 11 heteroatoms. The van der Waals surface area contributed by atoms with E-state index in [2.05, 4.69) is 0 Å². The first-order valence-electron chi connectivity index (χ1n) is 10.6. The van der Waals surface area contributed by atoms with Crippen LogP contribution in [0.2, 0.25) is 0 Å². The standard InChI is InChI=1S/C23H22F3N3O4S/c24-23(25,26)18(30)12-19(31)29-9-7-28(8-10-29)13-15-20(22(32)33)14-4-1-2-5-16(14)27-21(15)17-6-3-11-34-17/h1-6,11,18,30H,7-10,12-13H2,(H,32,33). The number of alkyl halides is 3. The Bertz CT molecular complexity index is 1190. The van der Waals surface area contributed by atoms with Gasteiger partial charge in [0.1, 0.15) is 0 Å². The van der Waals surface area contributed by atoms with Gasteiger partial charge in [0.15, 0.2) is 6.10 Å². The Morgan fingerprint density at radius 3 is 2.41 bits per heavy atom. The second-order valence-corrected chi connectivity index (χ2v) is 8.98. The number of aromatic carboxylic acids is 1. The number of thiophene rings is 1. The third-order valence-electron chi connectivity index (χ3n) is 5.81. The number of rotatable bonds is 6. The fourth-order valence-electron chi connectivity index (χ4n) is 4.06. The second kappa shape index (κ2) is 9.69. The van der Waals surface area contributed by atoms with Crippen LogP contribution >= 0.6 is 11.3 Å². The van der Waals surface area contributed by atoms with Crippen molar-refractivity contribution in [3.63, 3.8) is 0 Å². The number of aliphatic hydroxyl groups is 1. The molecule has 2 N–H and O–H groups in total. The Morgan fingerprint density at radius 2 is 1.79 bits per heavy atom. The van der Waals surface area contributed by atoms with Gasteiger partial charge in [-0.1, -0.05) is 24.3 Å². The molecule has 1 aromatic carbocycles. The van der Waals surface area contributed by atoms with E-state index in [0.29, 0.717) is 35.2 Å². The molecule has 1 aliphatic rings. The van der Waals surface area contributed by atoms with E-state index in [1.54, 1.807) is 24.3 Å². The lowest BCUT2D eigenvalue weighted by molar-refractivity contribution is -0.207. The normalized spacial score (nSPS) is 16.1. The zero-order valence-corrected chi connectivity index (χ0v) is 18.8. The number of aromatic nitrogens is 1. The summed E-state index contributed by atoms with van der Waals surface area (Å²) in [5.41, 5.74) is 1.88. The summed E-state index contributed by atoms with van der Waals surface area (Å²) in [5, 5.41) is 21.7. The average Bonchev–Trinajstić information content (AvgIpc) is 3.33. The zero-order chi connectivity index (χ0) is 24.5. The van der Waals surface area contributed by atoms with Crippen molar-refractivity contribution >= 4 is 34.1 Å². The molecule has 180 valence electrons. The smallest absolute Gasteiger partial charge is 0.414 e. The number of amides is 1. The Kier molecular flexibility index (Phi) is 6.87. The fourth-order valence-corrected chi connectivity index (χ4v) is 4.80. The molecular weight excluding hydrogens is 471 g/mol. The monoisotopic (exact) mass is 493 g/mol. The molecule has 3 aromatic rings. The minimum atomic E-state index is -4.84. The van der Waals surface area contributed by atoms with E-state index in [1.165, 1.54) is 16.2 Å². The van der Waals surface area contributed by atoms with Crippen molar-refractivity contribution in [1.29, 1.82) is 0 Å². The number of hydrogen-bond donors (Lipinski definition) is 2. The van der Waals surface area contributed by atoms with E-state index in [4.69, 9.17) is 4.98 Å². The summed E-state index contributed by atoms with van der Waals surface area (Å²) in [6.07, 6.45) is -8.54. The number of benzene rings is 1. The quantitative estimate of drug-likeness (QED) is 0.545. The number of fused-ring (bicyclic) bond motifs is 1. The molecular formula is C23H22F3N3O4S. The topological polar surface area (TPSA) is 94.0 Å². The van der Waals surface area contributed by atoms with Crippen LogP contribution in [0.3, 0.4) is 0 Å². The molecule has 4 rings (SSSR count). The average molecular weight is 494 g/mol. The van der Waals surface area contributed by atoms with Gasteiger partial charge < -0.3 is 15.1 Å². The van der Waals surface area contributed by atoms with E-state index in [0.717, 1.165) is 4.88 Å². The van der Waals surface area contributed by atoms with Crippen molar-refractivity contribution < 1.29 is 33.0 Å². The number of carboxylic acid groups (broad SMARTS) is 1. The Balaban J connectivity index is 1.57. The maximum atomic E-state index is 12.6. The van der Waals surface area contributed by atoms with Crippen molar-refractivity contribution in [2.24, 2.45) is 0 Å². The van der Waals surface area contributed by atoms with E-state index >= 15 is 0 Å². The van der Waals surface area contributed by atoms with Crippen LogP contribution in [0.15, 0.2) is 41.8 Å². The lowest BCUT2D eigenvalue weighted by Crippen LogP contribution is -2.49. The molecule has 1 fully saturated rings. The van der Waals surface area contributed by atoms with E-state index in [-0.39, 0.29) is 25.2 Å². The summed E-state index contributed by atoms with van der Waals surface area (Å²) in [7, 11) is 0. The molecule has 0 radical (unpaired) electrons.